The van der Waals surface area contributed by atoms with Gasteiger partial charge >= 0.3 is 0 Å². The van der Waals surface area contributed by atoms with E-state index in [1.807, 2.05) is 6.92 Å². The van der Waals surface area contributed by atoms with Crippen molar-refractivity contribution < 1.29 is 10.3 Å². The average molecular weight is 175 g/mol. The molecule has 0 saturated heterocycles. The van der Waals surface area contributed by atoms with E-state index in [2.05, 4.69) is 10.5 Å². The predicted octanol–water partition coefficient (Wildman–Crippen LogP) is -0.517. The van der Waals surface area contributed by atoms with E-state index in [4.69, 9.17) is 16.0 Å². The third kappa shape index (κ3) is 5.94. The van der Waals surface area contributed by atoms with Crippen LogP contribution in [0.1, 0.15) is 19.8 Å². The smallest absolute Gasteiger partial charge is 0.139 e. The fourth-order valence-electron chi connectivity index (χ4n) is 0.733. The van der Waals surface area contributed by atoms with Crippen LogP contribution >= 0.6 is 0 Å². The van der Waals surface area contributed by atoms with Crippen molar-refractivity contribution in [1.82, 2.24) is 5.32 Å². The number of hydrogen-bond acceptors (Lipinski definition) is 4. The SMILES string of the molecule is CC(CO)NCCCC(N)=NO. The number of aliphatic hydroxyl groups excluding tert-OH is 1. The van der Waals surface area contributed by atoms with Crippen molar-refractivity contribution in [2.75, 3.05) is 13.2 Å². The van der Waals surface area contributed by atoms with Crippen LogP contribution in [0, 0.1) is 0 Å². The minimum Gasteiger partial charge on any atom is -0.409 e. The Hall–Kier alpha value is -0.810. The van der Waals surface area contributed by atoms with Crippen molar-refractivity contribution in [2.45, 2.75) is 25.8 Å². The Morgan fingerprint density at radius 2 is 2.33 bits per heavy atom. The van der Waals surface area contributed by atoms with E-state index in [1.165, 1.54) is 0 Å². The quantitative estimate of drug-likeness (QED) is 0.144. The molecule has 0 rings (SSSR count). The maximum atomic E-state index is 8.64. The van der Waals surface area contributed by atoms with Crippen LogP contribution in [0.2, 0.25) is 0 Å². The Kier molecular flexibility index (Phi) is 6.41. The summed E-state index contributed by atoms with van der Waals surface area (Å²) < 4.78 is 0. The maximum Gasteiger partial charge on any atom is 0.139 e. The van der Waals surface area contributed by atoms with Crippen LogP contribution in [0.5, 0.6) is 0 Å². The molecule has 12 heavy (non-hydrogen) atoms. The standard InChI is InChI=1S/C7H17N3O2/c1-6(5-11)9-4-2-3-7(8)10-12/h6,9,11-12H,2-5H2,1H3,(H2,8,10). The monoisotopic (exact) mass is 175 g/mol. The van der Waals surface area contributed by atoms with Gasteiger partial charge in [0.25, 0.3) is 0 Å². The van der Waals surface area contributed by atoms with Crippen molar-refractivity contribution in [3.8, 4) is 0 Å². The first-order valence-corrected chi connectivity index (χ1v) is 4.01. The van der Waals surface area contributed by atoms with Crippen molar-refractivity contribution >= 4 is 5.84 Å². The fraction of sp³-hybridized carbons (Fsp3) is 0.857. The zero-order valence-electron chi connectivity index (χ0n) is 7.32. The highest BCUT2D eigenvalue weighted by atomic mass is 16.4. The van der Waals surface area contributed by atoms with Gasteiger partial charge in [-0.3, -0.25) is 0 Å². The summed E-state index contributed by atoms with van der Waals surface area (Å²) in [7, 11) is 0. The van der Waals surface area contributed by atoms with Crippen LogP contribution < -0.4 is 11.1 Å². The van der Waals surface area contributed by atoms with E-state index in [1.54, 1.807) is 0 Å². The van der Waals surface area contributed by atoms with Crippen molar-refractivity contribution in [1.29, 1.82) is 0 Å². The molecule has 72 valence electrons. The van der Waals surface area contributed by atoms with Crippen molar-refractivity contribution in [2.24, 2.45) is 10.9 Å². The highest BCUT2D eigenvalue weighted by Gasteiger charge is 1.97. The van der Waals surface area contributed by atoms with Gasteiger partial charge < -0.3 is 21.4 Å². The number of rotatable bonds is 6. The molecule has 0 radical (unpaired) electrons. The summed E-state index contributed by atoms with van der Waals surface area (Å²) in [4.78, 5) is 0. The molecular weight excluding hydrogens is 158 g/mol. The molecule has 0 aromatic carbocycles. The van der Waals surface area contributed by atoms with Gasteiger partial charge in [0.05, 0.1) is 6.61 Å². The number of oxime groups is 1. The summed E-state index contributed by atoms with van der Waals surface area (Å²) in [6, 6.07) is 0.109. The van der Waals surface area contributed by atoms with E-state index in [0.29, 0.717) is 6.42 Å². The minimum absolute atomic E-state index is 0.109. The Morgan fingerprint density at radius 1 is 1.67 bits per heavy atom. The molecule has 1 atom stereocenters. The lowest BCUT2D eigenvalue weighted by Gasteiger charge is -2.09. The molecule has 5 heteroatoms. The number of hydrogen-bond donors (Lipinski definition) is 4. The Balaban J connectivity index is 3.21. The van der Waals surface area contributed by atoms with E-state index in [0.717, 1.165) is 13.0 Å². The summed E-state index contributed by atoms with van der Waals surface area (Å²) in [6.07, 6.45) is 1.38. The van der Waals surface area contributed by atoms with Crippen molar-refractivity contribution in [3.63, 3.8) is 0 Å². The van der Waals surface area contributed by atoms with E-state index in [-0.39, 0.29) is 18.5 Å². The van der Waals surface area contributed by atoms with Gasteiger partial charge in [-0.25, -0.2) is 0 Å². The number of aliphatic hydroxyl groups is 1. The van der Waals surface area contributed by atoms with E-state index >= 15 is 0 Å². The molecule has 0 amide bonds. The highest BCUT2D eigenvalue weighted by Crippen LogP contribution is 1.87. The van der Waals surface area contributed by atoms with E-state index < -0.39 is 0 Å². The predicted molar refractivity (Wildman–Crippen MR) is 47.2 cm³/mol. The summed E-state index contributed by atoms with van der Waals surface area (Å²) >= 11 is 0. The maximum absolute atomic E-state index is 8.64. The van der Waals surface area contributed by atoms with Gasteiger partial charge in [-0.05, 0) is 19.9 Å². The molecule has 0 heterocycles. The molecule has 0 aliphatic heterocycles. The van der Waals surface area contributed by atoms with Gasteiger partial charge in [0.2, 0.25) is 0 Å². The number of nitrogens with zero attached hydrogens (tertiary/aromatic N) is 1. The summed E-state index contributed by atoms with van der Waals surface area (Å²) in [6.45, 7) is 2.78. The normalized spacial score (nSPS) is 14.7. The van der Waals surface area contributed by atoms with Crippen molar-refractivity contribution in [3.05, 3.63) is 0 Å². The number of nitrogens with one attached hydrogen (secondary N) is 1. The van der Waals surface area contributed by atoms with Gasteiger partial charge in [0.1, 0.15) is 5.84 Å². The molecule has 1 unspecified atom stereocenters. The van der Waals surface area contributed by atoms with Gasteiger partial charge in [0.15, 0.2) is 0 Å². The topological polar surface area (TPSA) is 90.9 Å². The fourth-order valence-corrected chi connectivity index (χ4v) is 0.733. The molecule has 5 N–H and O–H groups in total. The summed E-state index contributed by atoms with van der Waals surface area (Å²) in [5, 5.41) is 22.7. The zero-order valence-corrected chi connectivity index (χ0v) is 7.32. The highest BCUT2D eigenvalue weighted by molar-refractivity contribution is 5.79. The van der Waals surface area contributed by atoms with Crippen LogP contribution in [-0.2, 0) is 0 Å². The lowest BCUT2D eigenvalue weighted by molar-refractivity contribution is 0.251. The van der Waals surface area contributed by atoms with Crippen LogP contribution in [-0.4, -0.2) is 35.3 Å². The second-order valence-corrected chi connectivity index (χ2v) is 2.73. The minimum atomic E-state index is 0.109. The summed E-state index contributed by atoms with van der Waals surface area (Å²) in [5.41, 5.74) is 5.25. The largest absolute Gasteiger partial charge is 0.409 e. The first-order chi connectivity index (χ1) is 5.70. The number of nitrogens with two attached hydrogens (primary N) is 1. The van der Waals surface area contributed by atoms with E-state index in [9.17, 15) is 0 Å². The molecule has 0 aliphatic carbocycles. The molecule has 0 aliphatic rings. The molecule has 0 bridgehead atoms. The van der Waals surface area contributed by atoms with Gasteiger partial charge in [-0.2, -0.15) is 0 Å². The zero-order chi connectivity index (χ0) is 9.40. The molecule has 0 aromatic rings. The van der Waals surface area contributed by atoms with Crippen LogP contribution in [0.15, 0.2) is 5.16 Å². The second kappa shape index (κ2) is 6.87. The lowest BCUT2D eigenvalue weighted by atomic mass is 10.2. The molecule has 0 spiro atoms. The summed E-state index contributed by atoms with van der Waals surface area (Å²) in [5.74, 6) is 0.244. The van der Waals surface area contributed by atoms with Crippen LogP contribution in [0.25, 0.3) is 0 Å². The first-order valence-electron chi connectivity index (χ1n) is 4.01. The van der Waals surface area contributed by atoms with Crippen LogP contribution in [0.4, 0.5) is 0 Å². The average Bonchev–Trinajstić information content (AvgIpc) is 2.11. The molecule has 0 saturated carbocycles. The molecule has 0 fully saturated rings. The Bertz CT molecular complexity index is 139. The second-order valence-electron chi connectivity index (χ2n) is 2.73. The van der Waals surface area contributed by atoms with Crippen LogP contribution in [0.3, 0.4) is 0 Å². The third-order valence-corrected chi connectivity index (χ3v) is 1.50. The molecule has 5 nitrogen and oxygen atoms in total. The van der Waals surface area contributed by atoms with Gasteiger partial charge in [0, 0.05) is 12.5 Å². The Labute approximate surface area is 72.3 Å². The lowest BCUT2D eigenvalue weighted by Crippen LogP contribution is -2.30. The van der Waals surface area contributed by atoms with Gasteiger partial charge in [-0.15, -0.1) is 0 Å². The molecular formula is C7H17N3O2. The third-order valence-electron chi connectivity index (χ3n) is 1.50. The molecule has 0 aromatic heterocycles. The Morgan fingerprint density at radius 3 is 2.83 bits per heavy atom. The van der Waals surface area contributed by atoms with Gasteiger partial charge in [-0.1, -0.05) is 5.16 Å². The first kappa shape index (κ1) is 11.2. The number of amidine groups is 1.